The molecule has 22 nitrogen and oxygen atoms in total. The van der Waals surface area contributed by atoms with Crippen molar-refractivity contribution in [3.63, 3.8) is 0 Å². The largest absolute Gasteiger partial charge is 0.354 e. The lowest BCUT2D eigenvalue weighted by atomic mass is 10.0. The van der Waals surface area contributed by atoms with Crippen molar-refractivity contribution in [1.29, 1.82) is 0 Å². The summed E-state index contributed by atoms with van der Waals surface area (Å²) in [4.78, 5) is 126. The van der Waals surface area contributed by atoms with Gasteiger partial charge in [0.15, 0.2) is 34.7 Å². The summed E-state index contributed by atoms with van der Waals surface area (Å²) in [6.45, 7) is 12.8. The minimum Gasteiger partial charge on any atom is -0.354 e. The number of hydrogen-bond acceptors (Lipinski definition) is 22. The van der Waals surface area contributed by atoms with Crippen molar-refractivity contribution in [2.45, 2.75) is 80.1 Å². The number of ketones is 6. The van der Waals surface area contributed by atoms with E-state index < -0.39 is 0 Å². The number of hydrogen-bond donors (Lipinski definition) is 1. The van der Waals surface area contributed by atoms with Gasteiger partial charge in [0.1, 0.15) is 25.3 Å². The van der Waals surface area contributed by atoms with Crippen molar-refractivity contribution >= 4 is 126 Å². The second-order valence-electron chi connectivity index (χ2n) is 34.9. The molecule has 6 aromatic heterocycles. The van der Waals surface area contributed by atoms with Crippen LogP contribution in [0.25, 0.3) is 0 Å². The van der Waals surface area contributed by atoms with E-state index in [1.807, 2.05) is 369 Å². The van der Waals surface area contributed by atoms with E-state index in [4.69, 9.17) is 29.6 Å². The molecule has 0 aliphatic carbocycles. The zero-order chi connectivity index (χ0) is 104. The molecule has 0 radical (unpaired) electrons. The fourth-order valence-electron chi connectivity index (χ4n) is 15.8. The number of aromatic nitrogens is 10. The third kappa shape index (κ3) is 32.1. The van der Waals surface area contributed by atoms with Crippen LogP contribution in [0, 0.1) is 47.0 Å². The summed E-state index contributed by atoms with van der Waals surface area (Å²) in [5.41, 5.74) is 27.3. The summed E-state index contributed by atoms with van der Waals surface area (Å²) in [6, 6.07) is 96.6. The van der Waals surface area contributed by atoms with Crippen LogP contribution in [0.1, 0.15) is 136 Å². The van der Waals surface area contributed by atoms with Gasteiger partial charge in [-0.1, -0.05) is 209 Å². The van der Waals surface area contributed by atoms with Crippen LogP contribution in [-0.2, 0) is 38.5 Å². The predicted molar refractivity (Wildman–Crippen MR) is 592 cm³/mol. The van der Waals surface area contributed by atoms with Crippen LogP contribution in [0.4, 0.5) is 68.2 Å². The van der Waals surface area contributed by atoms with Gasteiger partial charge in [-0.15, -0.1) is 6.42 Å². The topological polar surface area (TPSA) is 260 Å². The van der Waals surface area contributed by atoms with Crippen LogP contribution < -0.4 is 29.8 Å². The van der Waals surface area contributed by atoms with Crippen LogP contribution >= 0.6 is 23.2 Å². The van der Waals surface area contributed by atoms with Gasteiger partial charge in [0.05, 0.1) is 96.1 Å². The van der Waals surface area contributed by atoms with E-state index in [0.717, 1.165) is 153 Å². The normalized spacial score (nSPS) is 10.4. The number of nitrogens with one attached hydrogen (secondary N) is 1. The van der Waals surface area contributed by atoms with Gasteiger partial charge in [-0.25, -0.2) is 39.9 Å². The standard InChI is InChI=1S/C22H19N3O.C21H20N2O.2C20H18ClN3O.C20H19N3O.C20H18N2O/c1-3-17-7-5-9-19(11-17)22(26)13-18-8-6-10-20(12-18)25(4-2)21-14-23-16-24-15-21;1-16-6-3-8-18(12-16)21(24)14-17-7-4-9-19(13-17)23(2)20-10-5-11-22-15-20;2*1-14-4-3-5-15(8-14)20(25)10-16-9-17(6-7-19(16)21)24(2)18-11-22-13-23-12-18;1-15-5-3-7-17(9-15)20(24)11-16-6-4-8-18(10-16)23(2)19-12-21-14-22-13-19;1-15-5-2-7-17(11-15)20(23)13-16-6-3-8-18(12-16)22-19-9-4-10-21-14-19/h1,5-12,14-16H,4,13H2,2H3;3-13,15H,14H2,1-2H3;2*3-9,11-13H,10H2,1-2H3;3-10,12-14H,11H2,1-2H3;2-12,14,22H,13H2,1H3. The Morgan fingerprint density at radius 1 is 0.272 bits per heavy atom. The van der Waals surface area contributed by atoms with Crippen molar-refractivity contribution in [2.24, 2.45) is 0 Å². The van der Waals surface area contributed by atoms with Gasteiger partial charge in [0, 0.05) is 169 Å². The second-order valence-corrected chi connectivity index (χ2v) is 35.7. The Morgan fingerprint density at radius 2 is 0.558 bits per heavy atom. The van der Waals surface area contributed by atoms with Crippen molar-refractivity contribution in [3.8, 4) is 12.3 Å². The van der Waals surface area contributed by atoms with Crippen LogP contribution in [0.15, 0.2) is 403 Å². The molecule has 12 aromatic carbocycles. The highest BCUT2D eigenvalue weighted by Gasteiger charge is 2.20. The number of anilines is 12. The summed E-state index contributed by atoms with van der Waals surface area (Å²) in [6.07, 6.45) is 34.6. The lowest BCUT2D eigenvalue weighted by molar-refractivity contribution is 0.0984. The van der Waals surface area contributed by atoms with Crippen molar-refractivity contribution in [3.05, 3.63) is 513 Å². The maximum Gasteiger partial charge on any atom is 0.167 e. The smallest absolute Gasteiger partial charge is 0.167 e. The summed E-state index contributed by atoms with van der Waals surface area (Å²) in [5, 5.41) is 4.46. The van der Waals surface area contributed by atoms with E-state index in [0.29, 0.717) is 58.0 Å². The van der Waals surface area contributed by atoms with Crippen LogP contribution in [-0.4, -0.2) is 119 Å². The van der Waals surface area contributed by atoms with Crippen molar-refractivity contribution in [1.82, 2.24) is 49.8 Å². The van der Waals surface area contributed by atoms with Crippen LogP contribution in [0.2, 0.25) is 10.0 Å². The number of carbonyl (C=O) groups is 6. The first kappa shape index (κ1) is 107. The van der Waals surface area contributed by atoms with Gasteiger partial charge in [-0.05, 0) is 227 Å². The number of Topliss-reactive ketones (excluding diaryl/α,β-unsaturated/α-hetero) is 6. The van der Waals surface area contributed by atoms with Crippen LogP contribution in [0.5, 0.6) is 0 Å². The summed E-state index contributed by atoms with van der Waals surface area (Å²) >= 11 is 12.6. The Bertz CT molecular complexity index is 7250. The molecule has 0 fully saturated rings. The van der Waals surface area contributed by atoms with E-state index in [1.165, 1.54) is 25.3 Å². The highest BCUT2D eigenvalue weighted by molar-refractivity contribution is 6.32. The average molecular weight is 1980 g/mol. The second kappa shape index (κ2) is 53.9. The zero-order valence-electron chi connectivity index (χ0n) is 83.5. The highest BCUT2D eigenvalue weighted by atomic mass is 35.5. The number of pyridine rings is 2. The minimum absolute atomic E-state index is 0.0466. The fourth-order valence-corrected chi connectivity index (χ4v) is 16.2. The van der Waals surface area contributed by atoms with E-state index in [9.17, 15) is 28.8 Å². The quantitative estimate of drug-likeness (QED) is 0.0313. The van der Waals surface area contributed by atoms with E-state index in [-0.39, 0.29) is 47.5 Å². The molecule has 18 aromatic rings. The van der Waals surface area contributed by atoms with Crippen LogP contribution in [0.3, 0.4) is 0 Å². The number of benzene rings is 12. The maximum absolute atomic E-state index is 12.6. The molecule has 0 unspecified atom stereocenters. The molecule has 24 heteroatoms. The molecule has 0 saturated heterocycles. The molecule has 0 aliphatic rings. The SMILES string of the molecule is C#Cc1cccc(C(=O)Cc2cccc(N(CC)c3cncnc3)c2)c1.Cc1cccc(C(=O)Cc2cc(N(C)c3cncnc3)ccc2Cl)c1.Cc1cccc(C(=O)Cc2cc(N(C)c3cncnc3)ccc2Cl)c1.Cc1cccc(C(=O)Cc2cccc(N(C)c3cccnc3)c2)c1.Cc1cccc(C(=O)Cc2cccc(N(C)c3cncnc3)c2)c1.Cc1cccc(C(=O)Cc2cccc(Nc3cccnc3)c2)c1. The van der Waals surface area contributed by atoms with Gasteiger partial charge >= 0.3 is 0 Å². The van der Waals surface area contributed by atoms with Gasteiger partial charge < -0.3 is 29.8 Å². The molecular formula is C123H112Cl2N16O6. The number of aryl methyl sites for hydroxylation is 5. The van der Waals surface area contributed by atoms with E-state index in [2.05, 4.69) is 83.9 Å². The molecule has 734 valence electrons. The third-order valence-corrected chi connectivity index (χ3v) is 24.5. The third-order valence-electron chi connectivity index (χ3n) is 23.8. The Morgan fingerprint density at radius 3 is 0.905 bits per heavy atom. The lowest BCUT2D eigenvalue weighted by Gasteiger charge is -2.23. The number of halogens is 2. The lowest BCUT2D eigenvalue weighted by Crippen LogP contribution is -2.16. The molecule has 147 heavy (non-hydrogen) atoms. The summed E-state index contributed by atoms with van der Waals surface area (Å²) in [7, 11) is 7.81. The van der Waals surface area contributed by atoms with Gasteiger partial charge in [0.2, 0.25) is 0 Å². The molecule has 18 rings (SSSR count). The Hall–Kier alpha value is -17.8. The maximum atomic E-state index is 12.6. The molecule has 1 N–H and O–H groups in total. The fraction of sp³-hybridized carbons (Fsp3) is 0.138. The van der Waals surface area contributed by atoms with Gasteiger partial charge in [0.25, 0.3) is 0 Å². The molecule has 0 bridgehead atoms. The molecule has 0 aliphatic heterocycles. The molecule has 0 atom stereocenters. The Kier molecular flexibility index (Phi) is 39.1. The van der Waals surface area contributed by atoms with Gasteiger partial charge in [-0.3, -0.25) is 38.7 Å². The van der Waals surface area contributed by atoms with E-state index >= 15 is 0 Å². The number of carbonyl (C=O) groups excluding carboxylic acids is 6. The first-order valence-corrected chi connectivity index (χ1v) is 48.3. The molecule has 0 spiro atoms. The predicted octanol–water partition coefficient (Wildman–Crippen LogP) is 26.4. The molecule has 0 saturated carbocycles. The van der Waals surface area contributed by atoms with Gasteiger partial charge in [-0.2, -0.15) is 0 Å². The number of nitrogens with zero attached hydrogens (tertiary/aromatic N) is 15. The molecule has 6 heterocycles. The minimum atomic E-state index is 0.0466. The van der Waals surface area contributed by atoms with Crippen molar-refractivity contribution in [2.75, 3.05) is 64.6 Å². The van der Waals surface area contributed by atoms with Crippen molar-refractivity contribution < 1.29 is 28.8 Å². The highest BCUT2D eigenvalue weighted by Crippen LogP contribution is 2.34. The Labute approximate surface area is 869 Å². The first-order valence-electron chi connectivity index (χ1n) is 47.6. The monoisotopic (exact) mass is 1980 g/mol. The zero-order valence-corrected chi connectivity index (χ0v) is 85.1. The Balaban J connectivity index is 0.000000147. The summed E-state index contributed by atoms with van der Waals surface area (Å²) < 4.78 is 0. The first-order chi connectivity index (χ1) is 71.3. The summed E-state index contributed by atoms with van der Waals surface area (Å²) in [5.74, 6) is 3.11. The number of rotatable bonds is 31. The van der Waals surface area contributed by atoms with E-state index in [1.54, 1.807) is 80.3 Å². The molecule has 0 amide bonds. The molecular weight excluding hydrogens is 1870 g/mol. The number of terminal acetylenes is 1. The average Bonchev–Trinajstić information content (AvgIpc) is 0.811.